The van der Waals surface area contributed by atoms with Crippen LogP contribution in [0, 0.1) is 11.8 Å². The topological polar surface area (TPSA) is 24.5 Å². The maximum atomic E-state index is 5.41. The molecule has 4 fully saturated rings. The highest BCUT2D eigenvalue weighted by Crippen LogP contribution is 2.27. The zero-order valence-corrected chi connectivity index (χ0v) is 9.45. The van der Waals surface area contributed by atoms with E-state index in [4.69, 9.17) is 4.74 Å². The third kappa shape index (κ3) is 2.19. The number of hydrogen-bond acceptors (Lipinski definition) is 3. The third-order valence-corrected chi connectivity index (χ3v) is 4.35. The number of ether oxygens (including phenoxy) is 1. The van der Waals surface area contributed by atoms with Crippen molar-refractivity contribution in [3.63, 3.8) is 0 Å². The molecule has 0 radical (unpaired) electrons. The summed E-state index contributed by atoms with van der Waals surface area (Å²) in [6.07, 6.45) is 4.09. The lowest BCUT2D eigenvalue weighted by Gasteiger charge is -2.45. The normalized spacial score (nSPS) is 44.8. The Morgan fingerprint density at radius 3 is 2.67 bits per heavy atom. The standard InChI is InChI=1S/C12H22N2O/c1-4-14-5-2-11(1)12(8-14)13-7-10-3-6-15-9-10/h10-13H,1-9H2. The maximum absolute atomic E-state index is 5.41. The van der Waals surface area contributed by atoms with Crippen LogP contribution in [0.2, 0.25) is 0 Å². The molecule has 0 aromatic rings. The molecule has 4 rings (SSSR count). The van der Waals surface area contributed by atoms with Gasteiger partial charge in [0.15, 0.2) is 0 Å². The van der Waals surface area contributed by atoms with Gasteiger partial charge in [0.05, 0.1) is 6.61 Å². The Kier molecular flexibility index (Phi) is 2.95. The molecule has 86 valence electrons. The van der Waals surface area contributed by atoms with Crippen LogP contribution in [0.25, 0.3) is 0 Å². The molecule has 4 aliphatic rings. The molecule has 2 bridgehead atoms. The monoisotopic (exact) mass is 210 g/mol. The van der Waals surface area contributed by atoms with Crippen LogP contribution < -0.4 is 5.32 Å². The lowest BCUT2D eigenvalue weighted by molar-refractivity contribution is 0.0702. The van der Waals surface area contributed by atoms with Crippen LogP contribution in [0.4, 0.5) is 0 Å². The SMILES string of the molecule is C1CC(CNC2CN3CCC2CC3)CO1. The Labute approximate surface area is 92.2 Å². The third-order valence-electron chi connectivity index (χ3n) is 4.35. The molecule has 4 aliphatic heterocycles. The van der Waals surface area contributed by atoms with Gasteiger partial charge in [-0.15, -0.1) is 0 Å². The van der Waals surface area contributed by atoms with Gasteiger partial charge in [-0.05, 0) is 44.2 Å². The smallest absolute Gasteiger partial charge is 0.0507 e. The lowest BCUT2D eigenvalue weighted by Crippen LogP contribution is -2.56. The molecule has 15 heavy (non-hydrogen) atoms. The minimum Gasteiger partial charge on any atom is -0.381 e. The zero-order chi connectivity index (χ0) is 10.1. The van der Waals surface area contributed by atoms with E-state index < -0.39 is 0 Å². The predicted molar refractivity (Wildman–Crippen MR) is 59.9 cm³/mol. The van der Waals surface area contributed by atoms with Crippen molar-refractivity contribution in [2.45, 2.75) is 25.3 Å². The van der Waals surface area contributed by atoms with Gasteiger partial charge in [0.1, 0.15) is 0 Å². The molecule has 2 atom stereocenters. The molecule has 0 spiro atoms. The van der Waals surface area contributed by atoms with Crippen molar-refractivity contribution >= 4 is 0 Å². The molecule has 0 saturated carbocycles. The van der Waals surface area contributed by atoms with E-state index in [-0.39, 0.29) is 0 Å². The fraction of sp³-hybridized carbons (Fsp3) is 1.00. The van der Waals surface area contributed by atoms with E-state index in [1.807, 2.05) is 0 Å². The van der Waals surface area contributed by atoms with E-state index in [2.05, 4.69) is 10.2 Å². The summed E-state index contributed by atoms with van der Waals surface area (Å²) in [6, 6.07) is 0.771. The second-order valence-electron chi connectivity index (χ2n) is 5.38. The lowest BCUT2D eigenvalue weighted by atomic mass is 9.84. The van der Waals surface area contributed by atoms with Crippen LogP contribution in [0.5, 0.6) is 0 Å². The predicted octanol–water partition coefficient (Wildman–Crippen LogP) is 0.707. The van der Waals surface area contributed by atoms with E-state index >= 15 is 0 Å². The van der Waals surface area contributed by atoms with Crippen LogP contribution in [0.3, 0.4) is 0 Å². The summed E-state index contributed by atoms with van der Waals surface area (Å²) < 4.78 is 5.41. The fourth-order valence-electron chi connectivity index (χ4n) is 3.26. The van der Waals surface area contributed by atoms with Crippen molar-refractivity contribution in [3.8, 4) is 0 Å². The molecular formula is C12H22N2O. The number of rotatable bonds is 3. The molecule has 3 heteroatoms. The molecule has 0 aromatic heterocycles. The first-order valence-corrected chi connectivity index (χ1v) is 6.45. The van der Waals surface area contributed by atoms with Gasteiger partial charge in [-0.25, -0.2) is 0 Å². The van der Waals surface area contributed by atoms with Crippen molar-refractivity contribution in [1.29, 1.82) is 0 Å². The molecule has 4 saturated heterocycles. The average molecular weight is 210 g/mol. The van der Waals surface area contributed by atoms with Crippen molar-refractivity contribution < 1.29 is 4.74 Å². The largest absolute Gasteiger partial charge is 0.381 e. The number of nitrogens with zero attached hydrogens (tertiary/aromatic N) is 1. The summed E-state index contributed by atoms with van der Waals surface area (Å²) in [5.41, 5.74) is 0. The van der Waals surface area contributed by atoms with Crippen molar-refractivity contribution in [1.82, 2.24) is 10.2 Å². The van der Waals surface area contributed by atoms with Gasteiger partial charge in [0, 0.05) is 25.7 Å². The maximum Gasteiger partial charge on any atom is 0.0507 e. The summed E-state index contributed by atoms with van der Waals surface area (Å²) in [6.45, 7) is 7.11. The second-order valence-corrected chi connectivity index (χ2v) is 5.38. The Morgan fingerprint density at radius 2 is 2.07 bits per heavy atom. The summed E-state index contributed by atoms with van der Waals surface area (Å²) >= 11 is 0. The zero-order valence-electron chi connectivity index (χ0n) is 9.45. The van der Waals surface area contributed by atoms with E-state index in [0.29, 0.717) is 0 Å². The number of hydrogen-bond donors (Lipinski definition) is 1. The van der Waals surface area contributed by atoms with E-state index in [0.717, 1.165) is 31.1 Å². The highest BCUT2D eigenvalue weighted by atomic mass is 16.5. The quantitative estimate of drug-likeness (QED) is 0.742. The number of nitrogens with one attached hydrogen (secondary N) is 1. The van der Waals surface area contributed by atoms with Crippen molar-refractivity contribution in [2.75, 3.05) is 39.4 Å². The molecule has 2 unspecified atom stereocenters. The van der Waals surface area contributed by atoms with Gasteiger partial charge in [-0.3, -0.25) is 0 Å². The van der Waals surface area contributed by atoms with Gasteiger partial charge in [-0.2, -0.15) is 0 Å². The van der Waals surface area contributed by atoms with Crippen LogP contribution in [0.1, 0.15) is 19.3 Å². The molecule has 3 nitrogen and oxygen atoms in total. The van der Waals surface area contributed by atoms with Gasteiger partial charge < -0.3 is 15.0 Å². The average Bonchev–Trinajstić information content (AvgIpc) is 2.81. The second kappa shape index (κ2) is 4.40. The summed E-state index contributed by atoms with van der Waals surface area (Å²) in [5, 5.41) is 3.77. The first-order chi connectivity index (χ1) is 7.42. The number of piperidine rings is 3. The summed E-state index contributed by atoms with van der Waals surface area (Å²) in [4.78, 5) is 2.61. The van der Waals surface area contributed by atoms with Crippen LogP contribution in [0.15, 0.2) is 0 Å². The molecule has 4 heterocycles. The first-order valence-electron chi connectivity index (χ1n) is 6.45. The van der Waals surface area contributed by atoms with Crippen LogP contribution in [-0.4, -0.2) is 50.3 Å². The molecule has 0 amide bonds. The highest BCUT2D eigenvalue weighted by molar-refractivity contribution is 4.91. The molecule has 0 aliphatic carbocycles. The van der Waals surface area contributed by atoms with Gasteiger partial charge >= 0.3 is 0 Å². The van der Waals surface area contributed by atoms with Crippen LogP contribution >= 0.6 is 0 Å². The Hall–Kier alpha value is -0.120. The Morgan fingerprint density at radius 1 is 1.20 bits per heavy atom. The van der Waals surface area contributed by atoms with E-state index in [9.17, 15) is 0 Å². The molecular weight excluding hydrogens is 188 g/mol. The van der Waals surface area contributed by atoms with E-state index in [1.54, 1.807) is 0 Å². The Balaban J connectivity index is 1.46. The van der Waals surface area contributed by atoms with Crippen molar-refractivity contribution in [3.05, 3.63) is 0 Å². The minimum atomic E-state index is 0.771. The fourth-order valence-corrected chi connectivity index (χ4v) is 3.26. The summed E-state index contributed by atoms with van der Waals surface area (Å²) in [5.74, 6) is 1.73. The number of fused-ring (bicyclic) bond motifs is 3. The molecule has 1 N–H and O–H groups in total. The van der Waals surface area contributed by atoms with Gasteiger partial charge in [0.2, 0.25) is 0 Å². The van der Waals surface area contributed by atoms with Gasteiger partial charge in [-0.1, -0.05) is 0 Å². The first kappa shape index (κ1) is 10.1. The summed E-state index contributed by atoms with van der Waals surface area (Å²) in [7, 11) is 0. The van der Waals surface area contributed by atoms with Gasteiger partial charge in [0.25, 0.3) is 0 Å². The highest BCUT2D eigenvalue weighted by Gasteiger charge is 2.34. The van der Waals surface area contributed by atoms with E-state index in [1.165, 1.54) is 45.4 Å². The Bertz CT molecular complexity index is 208. The van der Waals surface area contributed by atoms with Crippen LogP contribution in [-0.2, 0) is 4.74 Å². The minimum absolute atomic E-state index is 0.771. The van der Waals surface area contributed by atoms with Crippen molar-refractivity contribution in [2.24, 2.45) is 11.8 Å². The molecule has 0 aromatic carbocycles.